The molecule has 0 amide bonds. The van der Waals surface area contributed by atoms with Crippen molar-refractivity contribution in [1.82, 2.24) is 5.32 Å². The lowest BCUT2D eigenvalue weighted by Gasteiger charge is -2.03. The van der Waals surface area contributed by atoms with Crippen LogP contribution in [-0.2, 0) is 6.42 Å². The zero-order chi connectivity index (χ0) is 10.9. The molecule has 0 unspecified atom stereocenters. The maximum Gasteiger partial charge on any atom is 0.188 e. The van der Waals surface area contributed by atoms with Crippen LogP contribution in [0, 0.1) is 0 Å². The van der Waals surface area contributed by atoms with Crippen LogP contribution in [0.2, 0.25) is 0 Å². The second kappa shape index (κ2) is 9.50. The number of nitrogens with two attached hydrogens (primary N) is 1. The minimum atomic E-state index is 0. The number of hydrogen-bond donors (Lipinski definition) is 2. The lowest BCUT2D eigenvalue weighted by molar-refractivity contribution is 0.507. The third-order valence-electron chi connectivity index (χ3n) is 2.05. The summed E-state index contributed by atoms with van der Waals surface area (Å²) in [5.41, 5.74) is 5.66. The van der Waals surface area contributed by atoms with Gasteiger partial charge in [-0.1, -0.05) is 13.3 Å². The molecule has 0 aliphatic rings. The highest BCUT2D eigenvalue weighted by Gasteiger charge is 1.95. The van der Waals surface area contributed by atoms with E-state index in [4.69, 9.17) is 10.2 Å². The van der Waals surface area contributed by atoms with Crippen LogP contribution >= 0.6 is 24.0 Å². The minimum absolute atomic E-state index is 0. The number of halogens is 1. The maximum absolute atomic E-state index is 5.66. The van der Waals surface area contributed by atoms with Crippen molar-refractivity contribution in [3.63, 3.8) is 0 Å². The first-order valence-corrected chi connectivity index (χ1v) is 5.39. The van der Waals surface area contributed by atoms with E-state index in [-0.39, 0.29) is 24.0 Å². The van der Waals surface area contributed by atoms with E-state index < -0.39 is 0 Å². The van der Waals surface area contributed by atoms with E-state index in [1.165, 1.54) is 0 Å². The molecule has 0 radical (unpaired) electrons. The Kier molecular flexibility index (Phi) is 9.07. The fourth-order valence-corrected chi connectivity index (χ4v) is 1.18. The number of nitrogens with zero attached hydrogens (tertiary/aromatic N) is 1. The van der Waals surface area contributed by atoms with Crippen LogP contribution in [0.15, 0.2) is 27.8 Å². The van der Waals surface area contributed by atoms with E-state index in [1.807, 2.05) is 12.1 Å². The number of nitrogens with one attached hydrogen (secondary N) is 1. The Balaban J connectivity index is 0.00000225. The van der Waals surface area contributed by atoms with Crippen molar-refractivity contribution in [2.75, 3.05) is 13.1 Å². The molecule has 4 nitrogen and oxygen atoms in total. The molecule has 1 aromatic heterocycles. The van der Waals surface area contributed by atoms with Gasteiger partial charge >= 0.3 is 0 Å². The van der Waals surface area contributed by atoms with Crippen LogP contribution in [-0.4, -0.2) is 19.0 Å². The van der Waals surface area contributed by atoms with Crippen LogP contribution < -0.4 is 11.1 Å². The fourth-order valence-electron chi connectivity index (χ4n) is 1.18. The third-order valence-corrected chi connectivity index (χ3v) is 2.05. The SMILES string of the molecule is CCCCN=C(N)NCCc1ccco1.I. The second-order valence-corrected chi connectivity index (χ2v) is 3.38. The number of aliphatic imine (C=N–C) groups is 1. The van der Waals surface area contributed by atoms with Crippen LogP contribution in [0.4, 0.5) is 0 Å². The molecule has 0 atom stereocenters. The summed E-state index contributed by atoms with van der Waals surface area (Å²) in [5.74, 6) is 1.49. The van der Waals surface area contributed by atoms with Crippen LogP contribution in [0.5, 0.6) is 0 Å². The number of rotatable bonds is 6. The van der Waals surface area contributed by atoms with Gasteiger partial charge in [-0.3, -0.25) is 4.99 Å². The van der Waals surface area contributed by atoms with Gasteiger partial charge in [0.1, 0.15) is 5.76 Å². The molecule has 92 valence electrons. The first-order chi connectivity index (χ1) is 7.33. The zero-order valence-electron chi connectivity index (χ0n) is 9.61. The molecule has 0 aromatic carbocycles. The number of unbranched alkanes of at least 4 members (excludes halogenated alkanes) is 1. The summed E-state index contributed by atoms with van der Waals surface area (Å²) >= 11 is 0. The Morgan fingerprint density at radius 3 is 3.00 bits per heavy atom. The number of hydrogen-bond acceptors (Lipinski definition) is 2. The quantitative estimate of drug-likeness (QED) is 0.362. The lowest BCUT2D eigenvalue weighted by atomic mass is 10.3. The largest absolute Gasteiger partial charge is 0.469 e. The summed E-state index contributed by atoms with van der Waals surface area (Å²) in [4.78, 5) is 4.19. The molecule has 0 saturated heterocycles. The molecule has 5 heteroatoms. The predicted molar refractivity (Wildman–Crippen MR) is 77.2 cm³/mol. The van der Waals surface area contributed by atoms with Gasteiger partial charge in [0, 0.05) is 19.5 Å². The smallest absolute Gasteiger partial charge is 0.188 e. The summed E-state index contributed by atoms with van der Waals surface area (Å²) in [5, 5.41) is 3.05. The van der Waals surface area contributed by atoms with Crippen molar-refractivity contribution in [1.29, 1.82) is 0 Å². The van der Waals surface area contributed by atoms with Gasteiger partial charge in [0.2, 0.25) is 0 Å². The average molecular weight is 337 g/mol. The number of guanidine groups is 1. The molecule has 1 aromatic rings. The molecule has 3 N–H and O–H groups in total. The van der Waals surface area contributed by atoms with Crippen molar-refractivity contribution < 1.29 is 4.42 Å². The summed E-state index contributed by atoms with van der Waals surface area (Å²) < 4.78 is 5.19. The molecule has 0 spiro atoms. The first kappa shape index (κ1) is 15.3. The Morgan fingerprint density at radius 1 is 1.56 bits per heavy atom. The van der Waals surface area contributed by atoms with Crippen molar-refractivity contribution >= 4 is 29.9 Å². The van der Waals surface area contributed by atoms with Gasteiger partial charge < -0.3 is 15.5 Å². The highest BCUT2D eigenvalue weighted by Crippen LogP contribution is 1.99. The van der Waals surface area contributed by atoms with E-state index in [2.05, 4.69) is 17.2 Å². The van der Waals surface area contributed by atoms with Gasteiger partial charge in [0.15, 0.2) is 5.96 Å². The van der Waals surface area contributed by atoms with Crippen LogP contribution in [0.1, 0.15) is 25.5 Å². The van der Waals surface area contributed by atoms with Crippen LogP contribution in [0.25, 0.3) is 0 Å². The first-order valence-electron chi connectivity index (χ1n) is 5.39. The van der Waals surface area contributed by atoms with Crippen molar-refractivity contribution in [3.05, 3.63) is 24.2 Å². The van der Waals surface area contributed by atoms with E-state index in [0.29, 0.717) is 5.96 Å². The molecular weight excluding hydrogens is 317 g/mol. The predicted octanol–water partition coefficient (Wildman–Crippen LogP) is 2.14. The van der Waals surface area contributed by atoms with Gasteiger partial charge in [0.05, 0.1) is 6.26 Å². The van der Waals surface area contributed by atoms with E-state index in [1.54, 1.807) is 6.26 Å². The Hall–Kier alpha value is -0.720. The van der Waals surface area contributed by atoms with E-state index in [0.717, 1.165) is 38.1 Å². The summed E-state index contributed by atoms with van der Waals surface area (Å²) in [6.07, 6.45) is 4.73. The van der Waals surface area contributed by atoms with Crippen molar-refractivity contribution in [2.45, 2.75) is 26.2 Å². The van der Waals surface area contributed by atoms with Crippen molar-refractivity contribution in [3.8, 4) is 0 Å². The maximum atomic E-state index is 5.66. The monoisotopic (exact) mass is 337 g/mol. The molecule has 0 saturated carbocycles. The standard InChI is InChI=1S/C11H19N3O.HI/c1-2-3-7-13-11(12)14-8-6-10-5-4-9-15-10;/h4-5,9H,2-3,6-8H2,1H3,(H3,12,13,14);1H. The third kappa shape index (κ3) is 6.71. The molecular formula is C11H20IN3O. The molecule has 1 rings (SSSR count). The zero-order valence-corrected chi connectivity index (χ0v) is 11.9. The minimum Gasteiger partial charge on any atom is -0.469 e. The Labute approximate surface area is 114 Å². The topological polar surface area (TPSA) is 63.5 Å². The van der Waals surface area contributed by atoms with E-state index in [9.17, 15) is 0 Å². The molecule has 0 fully saturated rings. The van der Waals surface area contributed by atoms with Gasteiger partial charge in [0.25, 0.3) is 0 Å². The van der Waals surface area contributed by atoms with E-state index >= 15 is 0 Å². The van der Waals surface area contributed by atoms with Crippen molar-refractivity contribution in [2.24, 2.45) is 10.7 Å². The summed E-state index contributed by atoms with van der Waals surface area (Å²) in [6.45, 7) is 3.70. The van der Waals surface area contributed by atoms with Gasteiger partial charge in [-0.15, -0.1) is 24.0 Å². The van der Waals surface area contributed by atoms with Gasteiger partial charge in [-0.25, -0.2) is 0 Å². The average Bonchev–Trinajstić information content (AvgIpc) is 2.71. The summed E-state index contributed by atoms with van der Waals surface area (Å²) in [7, 11) is 0. The lowest BCUT2D eigenvalue weighted by Crippen LogP contribution is -2.33. The normalized spacial score (nSPS) is 10.9. The molecule has 16 heavy (non-hydrogen) atoms. The fraction of sp³-hybridized carbons (Fsp3) is 0.545. The highest BCUT2D eigenvalue weighted by atomic mass is 127. The molecule has 0 aliphatic carbocycles. The molecule has 1 heterocycles. The highest BCUT2D eigenvalue weighted by molar-refractivity contribution is 14.0. The molecule has 0 aliphatic heterocycles. The Morgan fingerprint density at radius 2 is 2.38 bits per heavy atom. The van der Waals surface area contributed by atoms with Gasteiger partial charge in [-0.2, -0.15) is 0 Å². The van der Waals surface area contributed by atoms with Crippen LogP contribution in [0.3, 0.4) is 0 Å². The molecule has 0 bridgehead atoms. The van der Waals surface area contributed by atoms with Gasteiger partial charge in [-0.05, 0) is 18.6 Å². The summed E-state index contributed by atoms with van der Waals surface area (Å²) in [6, 6.07) is 3.83. The Bertz CT molecular complexity index is 285. The second-order valence-electron chi connectivity index (χ2n) is 3.38. The number of furan rings is 1.